The molecule has 5 nitrogen and oxygen atoms in total. The van der Waals surface area contributed by atoms with Gasteiger partial charge >= 0.3 is 0 Å². The minimum Gasteiger partial charge on any atom is -0.340 e. The van der Waals surface area contributed by atoms with Crippen molar-refractivity contribution in [1.82, 2.24) is 14.7 Å². The van der Waals surface area contributed by atoms with Gasteiger partial charge in [-0.2, -0.15) is 0 Å². The molecule has 0 spiro atoms. The van der Waals surface area contributed by atoms with Crippen LogP contribution in [0.25, 0.3) is 0 Å². The number of hydrogen-bond acceptors (Lipinski definition) is 4. The SMILES string of the molecule is CC(CN)C(=O)N1CCN(CCN2C(C)CCC2C)CC1.Cl.Cl. The smallest absolute Gasteiger partial charge is 0.226 e. The molecule has 0 saturated carbocycles. The van der Waals surface area contributed by atoms with Crippen molar-refractivity contribution in [2.75, 3.05) is 45.8 Å². The second-order valence-electron chi connectivity index (χ2n) is 6.82. The third kappa shape index (κ3) is 6.05. The summed E-state index contributed by atoms with van der Waals surface area (Å²) in [6.07, 6.45) is 2.67. The van der Waals surface area contributed by atoms with E-state index in [9.17, 15) is 4.79 Å². The lowest BCUT2D eigenvalue weighted by Crippen LogP contribution is -2.52. The zero-order valence-corrected chi connectivity index (χ0v) is 16.4. The van der Waals surface area contributed by atoms with E-state index in [4.69, 9.17) is 5.73 Å². The molecule has 138 valence electrons. The first-order valence-electron chi connectivity index (χ1n) is 8.50. The molecule has 0 bridgehead atoms. The van der Waals surface area contributed by atoms with E-state index in [-0.39, 0.29) is 36.6 Å². The highest BCUT2D eigenvalue weighted by Crippen LogP contribution is 2.22. The van der Waals surface area contributed by atoms with Gasteiger partial charge in [0.05, 0.1) is 0 Å². The van der Waals surface area contributed by atoms with Crippen molar-refractivity contribution in [2.24, 2.45) is 11.7 Å². The number of piperazine rings is 1. The molecule has 23 heavy (non-hydrogen) atoms. The van der Waals surface area contributed by atoms with Crippen molar-refractivity contribution in [3.05, 3.63) is 0 Å². The molecule has 2 rings (SSSR count). The minimum atomic E-state index is -0.0390. The summed E-state index contributed by atoms with van der Waals surface area (Å²) in [6, 6.07) is 1.46. The Morgan fingerprint density at radius 1 is 1.04 bits per heavy atom. The third-order valence-electron chi connectivity index (χ3n) is 5.27. The Bertz CT molecular complexity index is 341. The maximum atomic E-state index is 12.1. The molecule has 3 atom stereocenters. The number of hydrogen-bond donors (Lipinski definition) is 1. The van der Waals surface area contributed by atoms with E-state index >= 15 is 0 Å². The molecule has 0 radical (unpaired) electrons. The predicted octanol–water partition coefficient (Wildman–Crippen LogP) is 1.44. The molecule has 2 aliphatic heterocycles. The van der Waals surface area contributed by atoms with Gasteiger partial charge in [0, 0.05) is 63.8 Å². The highest BCUT2D eigenvalue weighted by atomic mass is 35.5. The van der Waals surface area contributed by atoms with Crippen LogP contribution in [0.5, 0.6) is 0 Å². The van der Waals surface area contributed by atoms with Gasteiger partial charge in [0.15, 0.2) is 0 Å². The number of nitrogens with two attached hydrogens (primary N) is 1. The van der Waals surface area contributed by atoms with Crippen LogP contribution < -0.4 is 5.73 Å². The topological polar surface area (TPSA) is 52.8 Å². The fourth-order valence-corrected chi connectivity index (χ4v) is 3.55. The maximum absolute atomic E-state index is 12.1. The lowest BCUT2D eigenvalue weighted by atomic mass is 10.1. The summed E-state index contributed by atoms with van der Waals surface area (Å²) >= 11 is 0. The minimum absolute atomic E-state index is 0. The van der Waals surface area contributed by atoms with Crippen LogP contribution in [-0.4, -0.2) is 78.5 Å². The van der Waals surface area contributed by atoms with Gasteiger partial charge in [-0.15, -0.1) is 24.8 Å². The highest BCUT2D eigenvalue weighted by Gasteiger charge is 2.28. The summed E-state index contributed by atoms with van der Waals surface area (Å²) < 4.78 is 0. The molecular weight excluding hydrogens is 335 g/mol. The number of halogens is 2. The number of rotatable bonds is 5. The summed E-state index contributed by atoms with van der Waals surface area (Å²) in [5.74, 6) is 0.182. The second-order valence-corrected chi connectivity index (χ2v) is 6.82. The molecular formula is C16H34Cl2N4O. The molecule has 2 N–H and O–H groups in total. The van der Waals surface area contributed by atoms with Gasteiger partial charge in [0.25, 0.3) is 0 Å². The number of nitrogens with zero attached hydrogens (tertiary/aromatic N) is 3. The quantitative estimate of drug-likeness (QED) is 0.797. The van der Waals surface area contributed by atoms with Crippen molar-refractivity contribution in [3.63, 3.8) is 0 Å². The van der Waals surface area contributed by atoms with Gasteiger partial charge in [0.2, 0.25) is 5.91 Å². The highest BCUT2D eigenvalue weighted by molar-refractivity contribution is 5.85. The van der Waals surface area contributed by atoms with Crippen molar-refractivity contribution in [3.8, 4) is 0 Å². The van der Waals surface area contributed by atoms with Crippen LogP contribution in [0.4, 0.5) is 0 Å². The van der Waals surface area contributed by atoms with Gasteiger partial charge < -0.3 is 10.6 Å². The Morgan fingerprint density at radius 3 is 2.04 bits per heavy atom. The molecule has 1 amide bonds. The Balaban J connectivity index is 0.00000242. The summed E-state index contributed by atoms with van der Waals surface area (Å²) in [7, 11) is 0. The van der Waals surface area contributed by atoms with Crippen LogP contribution in [0.15, 0.2) is 0 Å². The zero-order chi connectivity index (χ0) is 15.4. The maximum Gasteiger partial charge on any atom is 0.226 e. The molecule has 2 heterocycles. The van der Waals surface area contributed by atoms with E-state index in [0.717, 1.165) is 51.4 Å². The molecule has 0 aromatic rings. The monoisotopic (exact) mass is 368 g/mol. The third-order valence-corrected chi connectivity index (χ3v) is 5.27. The van der Waals surface area contributed by atoms with E-state index in [1.165, 1.54) is 12.8 Å². The van der Waals surface area contributed by atoms with E-state index in [0.29, 0.717) is 6.54 Å². The summed E-state index contributed by atoms with van der Waals surface area (Å²) in [6.45, 7) is 13.1. The molecule has 7 heteroatoms. The van der Waals surface area contributed by atoms with E-state index in [1.807, 2.05) is 11.8 Å². The van der Waals surface area contributed by atoms with Gasteiger partial charge in [0.1, 0.15) is 0 Å². The lowest BCUT2D eigenvalue weighted by Gasteiger charge is -2.37. The van der Waals surface area contributed by atoms with Crippen LogP contribution in [0.3, 0.4) is 0 Å². The van der Waals surface area contributed by atoms with E-state index in [2.05, 4.69) is 23.6 Å². The van der Waals surface area contributed by atoms with Gasteiger partial charge in [-0.05, 0) is 26.7 Å². The molecule has 2 fully saturated rings. The molecule has 2 saturated heterocycles. The van der Waals surface area contributed by atoms with E-state index in [1.54, 1.807) is 0 Å². The van der Waals surface area contributed by atoms with Gasteiger partial charge in [-0.1, -0.05) is 6.92 Å². The Hall–Kier alpha value is -0.0700. The second kappa shape index (κ2) is 10.7. The summed E-state index contributed by atoms with van der Waals surface area (Å²) in [5.41, 5.74) is 5.59. The Kier molecular flexibility index (Phi) is 10.7. The molecule has 0 aromatic heterocycles. The normalized spacial score (nSPS) is 27.2. The number of carbonyl (C=O) groups excluding carboxylic acids is 1. The van der Waals surface area contributed by atoms with Crippen LogP contribution in [0, 0.1) is 5.92 Å². The van der Waals surface area contributed by atoms with Crippen molar-refractivity contribution < 1.29 is 4.79 Å². The molecule has 3 unspecified atom stereocenters. The largest absolute Gasteiger partial charge is 0.340 e. The first-order chi connectivity index (χ1) is 10.0. The first kappa shape index (κ1) is 22.9. The lowest BCUT2D eigenvalue weighted by molar-refractivity contribution is -0.136. The van der Waals surface area contributed by atoms with Gasteiger partial charge in [-0.3, -0.25) is 14.6 Å². The Labute approximate surface area is 153 Å². The van der Waals surface area contributed by atoms with Crippen LogP contribution in [0.2, 0.25) is 0 Å². The van der Waals surface area contributed by atoms with Crippen molar-refractivity contribution >= 4 is 30.7 Å². The van der Waals surface area contributed by atoms with Gasteiger partial charge in [-0.25, -0.2) is 0 Å². The molecule has 0 aliphatic carbocycles. The first-order valence-corrected chi connectivity index (χ1v) is 8.50. The van der Waals surface area contributed by atoms with Crippen LogP contribution >= 0.6 is 24.8 Å². The standard InChI is InChI=1S/C16H32N4O.2ClH/c1-13(12-17)16(21)19-9-6-18(7-10-19)8-11-20-14(2)4-5-15(20)3;;/h13-15H,4-12,17H2,1-3H3;2*1H. The average molecular weight is 369 g/mol. The molecule has 2 aliphatic rings. The fraction of sp³-hybridized carbons (Fsp3) is 0.938. The zero-order valence-electron chi connectivity index (χ0n) is 14.7. The van der Waals surface area contributed by atoms with E-state index < -0.39 is 0 Å². The average Bonchev–Trinajstić information content (AvgIpc) is 2.83. The van der Waals surface area contributed by atoms with Crippen LogP contribution in [-0.2, 0) is 4.79 Å². The summed E-state index contributed by atoms with van der Waals surface area (Å²) in [5, 5.41) is 0. The fourth-order valence-electron chi connectivity index (χ4n) is 3.55. The summed E-state index contributed by atoms with van der Waals surface area (Å²) in [4.78, 5) is 19.2. The number of amides is 1. The number of likely N-dealkylation sites (tertiary alicyclic amines) is 1. The van der Waals surface area contributed by atoms with Crippen molar-refractivity contribution in [2.45, 2.75) is 45.7 Å². The van der Waals surface area contributed by atoms with Crippen molar-refractivity contribution in [1.29, 1.82) is 0 Å². The predicted molar refractivity (Wildman–Crippen MR) is 101 cm³/mol. The Morgan fingerprint density at radius 2 is 1.57 bits per heavy atom. The molecule has 0 aromatic carbocycles. The van der Waals surface area contributed by atoms with Crippen LogP contribution in [0.1, 0.15) is 33.6 Å². The number of carbonyl (C=O) groups is 1.